The maximum atomic E-state index is 14.5. The van der Waals surface area contributed by atoms with Gasteiger partial charge in [0.15, 0.2) is 6.23 Å². The molecule has 1 aliphatic heterocycles. The van der Waals surface area contributed by atoms with E-state index in [2.05, 4.69) is 75.4 Å². The van der Waals surface area contributed by atoms with Crippen LogP contribution in [-0.2, 0) is 9.59 Å². The fourth-order valence-corrected chi connectivity index (χ4v) is 8.31. The Labute approximate surface area is 338 Å². The minimum absolute atomic E-state index is 0.0137. The van der Waals surface area contributed by atoms with E-state index in [0.29, 0.717) is 13.1 Å². The molecule has 57 heavy (non-hydrogen) atoms. The van der Waals surface area contributed by atoms with Gasteiger partial charge >= 0.3 is 0 Å². The molecular formula is C48H57N6O3+. The first-order chi connectivity index (χ1) is 28.0. The van der Waals surface area contributed by atoms with Crippen molar-refractivity contribution in [2.45, 2.75) is 63.3 Å². The summed E-state index contributed by atoms with van der Waals surface area (Å²) in [7, 11) is 0. The molecule has 0 spiro atoms. The zero-order chi connectivity index (χ0) is 39.2. The molecule has 3 aliphatic carbocycles. The van der Waals surface area contributed by atoms with Crippen molar-refractivity contribution in [3.05, 3.63) is 151 Å². The Morgan fingerprint density at radius 1 is 0.772 bits per heavy atom. The number of hydrogen-bond acceptors (Lipinski definition) is 6. The van der Waals surface area contributed by atoms with Crippen molar-refractivity contribution in [1.29, 1.82) is 0 Å². The maximum Gasteiger partial charge on any atom is 0.245 e. The van der Waals surface area contributed by atoms with E-state index in [0.717, 1.165) is 87.3 Å². The van der Waals surface area contributed by atoms with E-state index >= 15 is 0 Å². The first kappa shape index (κ1) is 39.7. The van der Waals surface area contributed by atoms with Gasteiger partial charge in [-0.2, -0.15) is 0 Å². The van der Waals surface area contributed by atoms with Gasteiger partial charge in [-0.25, -0.2) is 0 Å². The highest BCUT2D eigenvalue weighted by atomic mass is 16.3. The van der Waals surface area contributed by atoms with Crippen LogP contribution in [0.25, 0.3) is 0 Å². The molecule has 3 unspecified atom stereocenters. The van der Waals surface area contributed by atoms with Crippen LogP contribution >= 0.6 is 0 Å². The van der Waals surface area contributed by atoms with Gasteiger partial charge in [-0.3, -0.25) is 28.9 Å². The molecule has 9 nitrogen and oxygen atoms in total. The molecule has 4 aliphatic rings. The minimum atomic E-state index is -0.660. The largest absolute Gasteiger partial charge is 0.370 e. The number of β-amino-alcohol motifs (C(OH)–C–C–N with tert-alkyl or cyclic N) is 1. The van der Waals surface area contributed by atoms with Crippen LogP contribution < -0.4 is 9.80 Å². The second kappa shape index (κ2) is 20.1. The van der Waals surface area contributed by atoms with Gasteiger partial charge in [0.2, 0.25) is 18.2 Å². The summed E-state index contributed by atoms with van der Waals surface area (Å²) in [5.74, 6) is -0.104. The van der Waals surface area contributed by atoms with Crippen molar-refractivity contribution < 1.29 is 19.3 Å². The molecule has 2 amide bonds. The van der Waals surface area contributed by atoms with E-state index in [-0.39, 0.29) is 37.0 Å². The van der Waals surface area contributed by atoms with Gasteiger partial charge in [-0.1, -0.05) is 103 Å². The summed E-state index contributed by atoms with van der Waals surface area (Å²) >= 11 is 0. The number of benzene rings is 3. The monoisotopic (exact) mass is 765 g/mol. The van der Waals surface area contributed by atoms with Crippen molar-refractivity contribution in [2.75, 3.05) is 55.6 Å². The number of carbonyl (C=O) groups excluding carboxylic acids is 2. The molecule has 0 saturated heterocycles. The van der Waals surface area contributed by atoms with Gasteiger partial charge in [-0.15, -0.1) is 0 Å². The number of rotatable bonds is 17. The van der Waals surface area contributed by atoms with E-state index < -0.39 is 6.23 Å². The molecule has 9 heteroatoms. The van der Waals surface area contributed by atoms with E-state index in [4.69, 9.17) is 0 Å². The predicted octanol–water partition coefficient (Wildman–Crippen LogP) is 7.28. The molecule has 296 valence electrons. The van der Waals surface area contributed by atoms with Gasteiger partial charge in [0.05, 0.1) is 31.7 Å². The van der Waals surface area contributed by atoms with Crippen LogP contribution in [0.15, 0.2) is 151 Å². The lowest BCUT2D eigenvalue weighted by Crippen LogP contribution is -2.48. The average molecular weight is 766 g/mol. The van der Waals surface area contributed by atoms with E-state index in [9.17, 15) is 14.7 Å². The van der Waals surface area contributed by atoms with Gasteiger partial charge in [0.25, 0.3) is 0 Å². The normalized spacial score (nSPS) is 19.3. The van der Waals surface area contributed by atoms with E-state index in [1.807, 2.05) is 101 Å². The van der Waals surface area contributed by atoms with Gasteiger partial charge in [-0.05, 0) is 87.4 Å². The van der Waals surface area contributed by atoms with Crippen molar-refractivity contribution in [2.24, 2.45) is 0 Å². The van der Waals surface area contributed by atoms with Crippen LogP contribution in [0.3, 0.4) is 0 Å². The predicted molar refractivity (Wildman–Crippen MR) is 230 cm³/mol. The average Bonchev–Trinajstić information content (AvgIpc) is 3.70. The van der Waals surface area contributed by atoms with Crippen molar-refractivity contribution >= 4 is 35.2 Å². The zero-order valence-electron chi connectivity index (χ0n) is 33.0. The fourth-order valence-electron chi connectivity index (χ4n) is 8.31. The Morgan fingerprint density at radius 3 is 2.11 bits per heavy atom. The number of hydrogen-bond donors (Lipinski definition) is 1. The van der Waals surface area contributed by atoms with Crippen molar-refractivity contribution in [3.8, 4) is 0 Å². The number of para-hydroxylation sites is 3. The maximum absolute atomic E-state index is 14.5. The van der Waals surface area contributed by atoms with Crippen LogP contribution in [0.4, 0.5) is 17.1 Å². The number of anilines is 3. The lowest BCUT2D eigenvalue weighted by atomic mass is 10.0. The first-order valence-corrected chi connectivity index (χ1v) is 20.7. The molecular weight excluding hydrogens is 709 g/mol. The lowest BCUT2D eigenvalue weighted by Gasteiger charge is -2.37. The molecule has 0 saturated carbocycles. The number of aliphatic hydroxyl groups is 1. The summed E-state index contributed by atoms with van der Waals surface area (Å²) in [4.78, 5) is 39.0. The first-order valence-electron chi connectivity index (χ1n) is 20.7. The molecule has 7 rings (SSSR count). The third kappa shape index (κ3) is 10.7. The van der Waals surface area contributed by atoms with E-state index in [1.54, 1.807) is 4.90 Å². The molecule has 1 N–H and O–H groups in total. The summed E-state index contributed by atoms with van der Waals surface area (Å²) in [6.45, 7) is 3.73. The quantitative estimate of drug-likeness (QED) is 0.0886. The summed E-state index contributed by atoms with van der Waals surface area (Å²) in [6, 6.07) is 29.5. The highest BCUT2D eigenvalue weighted by Gasteiger charge is 2.31. The Morgan fingerprint density at radius 2 is 1.47 bits per heavy atom. The van der Waals surface area contributed by atoms with Crippen LogP contribution in [-0.4, -0.2) is 107 Å². The van der Waals surface area contributed by atoms with Gasteiger partial charge < -0.3 is 14.9 Å². The van der Waals surface area contributed by atoms with Crippen LogP contribution in [0, 0.1) is 0 Å². The Balaban J connectivity index is 1.05. The summed E-state index contributed by atoms with van der Waals surface area (Å²) in [5, 5.41) is 11.6. The van der Waals surface area contributed by atoms with E-state index in [1.165, 1.54) is 0 Å². The molecule has 3 aromatic carbocycles. The Kier molecular flexibility index (Phi) is 14.0. The van der Waals surface area contributed by atoms with Crippen LogP contribution in [0.1, 0.15) is 44.9 Å². The van der Waals surface area contributed by atoms with Gasteiger partial charge in [0, 0.05) is 29.3 Å². The third-order valence-corrected chi connectivity index (χ3v) is 11.1. The number of carbonyl (C=O) groups is 2. The van der Waals surface area contributed by atoms with Crippen molar-refractivity contribution in [3.63, 3.8) is 0 Å². The minimum Gasteiger partial charge on any atom is -0.370 e. The molecule has 0 aromatic heterocycles. The molecule has 3 aromatic rings. The second-order valence-corrected chi connectivity index (χ2v) is 15.2. The number of nitrogens with zero attached hydrogens (tertiary/aromatic N) is 6. The number of aliphatic hydroxyl groups excluding tert-OH is 1. The van der Waals surface area contributed by atoms with Crippen molar-refractivity contribution in [1.82, 2.24) is 14.7 Å². The highest BCUT2D eigenvalue weighted by molar-refractivity contribution is 6.02. The fraction of sp³-hybridized carbons (Fsp3) is 0.354. The molecule has 1 heterocycles. The SMILES string of the molecule is O=C(CN(CCCN1C=[N+](CC(O)N(C2=CCCC=C2)C2C=CC=CC2)CC1)CC(=O)N(c1ccccc1)C1C=CCCC1)N(c1ccccc1)c1ccccc1. The lowest BCUT2D eigenvalue weighted by molar-refractivity contribution is -0.528. The second-order valence-electron chi connectivity index (χ2n) is 15.2. The summed E-state index contributed by atoms with van der Waals surface area (Å²) in [6.07, 6.45) is 27.5. The molecule has 3 atom stereocenters. The number of allylic oxidation sites excluding steroid dienone is 6. The number of amides is 2. The van der Waals surface area contributed by atoms with Crippen LogP contribution in [0.2, 0.25) is 0 Å². The summed E-state index contributed by atoms with van der Waals surface area (Å²) < 4.78 is 2.21. The molecule has 0 bridgehead atoms. The topological polar surface area (TPSA) is 73.6 Å². The van der Waals surface area contributed by atoms with Crippen LogP contribution in [0.5, 0.6) is 0 Å². The standard InChI is InChI=1S/C48H57N6O3/c55-46(52(40-20-7-1-8-21-40)41-22-9-2-10-23-41)36-50(37-47(56)53(42-24-11-3-12-25-42)43-26-13-4-14-27-43)33-19-32-49-34-35-51(39-49)38-48(57)54(44-28-15-5-16-29-44)45-30-17-6-18-31-45/h1-3,5,7-13,15-17,20-26,28,30-31,39,43-44,48,57H,4,6,14,18-19,27,29,32-38H2/q+1. The summed E-state index contributed by atoms with van der Waals surface area (Å²) in [5.41, 5.74) is 3.54. The highest BCUT2D eigenvalue weighted by Crippen LogP contribution is 2.28. The third-order valence-electron chi connectivity index (χ3n) is 11.1. The molecule has 0 fully saturated rings. The Hall–Kier alpha value is -5.51. The smallest absolute Gasteiger partial charge is 0.245 e. The zero-order valence-corrected chi connectivity index (χ0v) is 33.0. The van der Waals surface area contributed by atoms with Gasteiger partial charge in [0.1, 0.15) is 19.6 Å². The molecule has 0 radical (unpaired) electrons. The Bertz CT molecular complexity index is 1920.